The molecule has 188 valence electrons. The van der Waals surface area contributed by atoms with Crippen molar-refractivity contribution in [2.45, 2.75) is 149 Å². The van der Waals surface area contributed by atoms with Crippen LogP contribution in [0.4, 0.5) is 0 Å². The standard InChI is InChI=1S/C31H58S/c1-7-9-10-11-12-13-14-15-16-17-18-24-32-29(5)22-21-27(3)25-30-26-31(6,8-2)23-19-20-28(30)4/h19-20,28-30H,3,7-18,21-26H2,1-2,4-6H3/t28-,29?,30?,31?/m1/s1. The summed E-state index contributed by atoms with van der Waals surface area (Å²) in [6.07, 6.45) is 28.5. The lowest BCUT2D eigenvalue weighted by molar-refractivity contribution is 0.215. The maximum atomic E-state index is 4.49. The van der Waals surface area contributed by atoms with Gasteiger partial charge in [-0.15, -0.1) is 0 Å². The van der Waals surface area contributed by atoms with Crippen LogP contribution < -0.4 is 0 Å². The highest BCUT2D eigenvalue weighted by atomic mass is 32.2. The zero-order chi connectivity index (χ0) is 23.7. The molecule has 0 saturated carbocycles. The lowest BCUT2D eigenvalue weighted by atomic mass is 9.73. The van der Waals surface area contributed by atoms with E-state index in [0.29, 0.717) is 11.3 Å². The van der Waals surface area contributed by atoms with Gasteiger partial charge in [0.1, 0.15) is 0 Å². The first kappa shape index (κ1) is 29.9. The number of unbranched alkanes of at least 4 members (excludes halogenated alkanes) is 10. The van der Waals surface area contributed by atoms with Gasteiger partial charge in [-0.25, -0.2) is 0 Å². The van der Waals surface area contributed by atoms with Crippen LogP contribution in [0.25, 0.3) is 0 Å². The Morgan fingerprint density at radius 2 is 1.59 bits per heavy atom. The zero-order valence-electron chi connectivity index (χ0n) is 22.7. The lowest BCUT2D eigenvalue weighted by Crippen LogP contribution is -2.21. The Bertz CT molecular complexity index is 493. The van der Waals surface area contributed by atoms with E-state index in [1.54, 1.807) is 0 Å². The molecule has 0 radical (unpaired) electrons. The fraction of sp³-hybridized carbons (Fsp3) is 0.871. The third-order valence-electron chi connectivity index (χ3n) is 8.01. The van der Waals surface area contributed by atoms with Gasteiger partial charge in [-0.2, -0.15) is 11.8 Å². The predicted molar refractivity (Wildman–Crippen MR) is 151 cm³/mol. The second-order valence-electron chi connectivity index (χ2n) is 11.3. The van der Waals surface area contributed by atoms with Crippen molar-refractivity contribution in [2.75, 3.05) is 5.75 Å². The molecule has 0 N–H and O–H groups in total. The third kappa shape index (κ3) is 14.2. The second-order valence-corrected chi connectivity index (χ2v) is 12.9. The van der Waals surface area contributed by atoms with Crippen LogP contribution in [0, 0.1) is 17.3 Å². The van der Waals surface area contributed by atoms with E-state index in [1.165, 1.54) is 120 Å². The van der Waals surface area contributed by atoms with Gasteiger partial charge in [0.2, 0.25) is 0 Å². The van der Waals surface area contributed by atoms with Gasteiger partial charge in [0.05, 0.1) is 0 Å². The smallest absolute Gasteiger partial charge is 0.00217 e. The van der Waals surface area contributed by atoms with Crippen molar-refractivity contribution in [2.24, 2.45) is 17.3 Å². The van der Waals surface area contributed by atoms with Crippen molar-refractivity contribution in [3.05, 3.63) is 24.3 Å². The van der Waals surface area contributed by atoms with Crippen molar-refractivity contribution < 1.29 is 0 Å². The maximum absolute atomic E-state index is 4.49. The van der Waals surface area contributed by atoms with Crippen molar-refractivity contribution >= 4 is 11.8 Å². The number of hydrogen-bond donors (Lipinski definition) is 0. The van der Waals surface area contributed by atoms with Crippen molar-refractivity contribution in [1.82, 2.24) is 0 Å². The molecular weight excluding hydrogens is 404 g/mol. The highest BCUT2D eigenvalue weighted by Gasteiger charge is 2.30. The summed E-state index contributed by atoms with van der Waals surface area (Å²) in [6.45, 7) is 16.5. The summed E-state index contributed by atoms with van der Waals surface area (Å²) in [5.41, 5.74) is 1.99. The van der Waals surface area contributed by atoms with Crippen LogP contribution in [0.5, 0.6) is 0 Å². The summed E-state index contributed by atoms with van der Waals surface area (Å²) in [4.78, 5) is 0. The molecule has 0 aliphatic heterocycles. The van der Waals surface area contributed by atoms with Crippen LogP contribution in [0.3, 0.4) is 0 Å². The molecule has 32 heavy (non-hydrogen) atoms. The molecule has 0 spiro atoms. The number of hydrogen-bond acceptors (Lipinski definition) is 1. The van der Waals surface area contributed by atoms with Crippen molar-refractivity contribution in [3.8, 4) is 0 Å². The first-order valence-electron chi connectivity index (χ1n) is 14.3. The van der Waals surface area contributed by atoms with Gasteiger partial charge in [-0.3, -0.25) is 0 Å². The van der Waals surface area contributed by atoms with Crippen LogP contribution in [0.2, 0.25) is 0 Å². The van der Waals surface area contributed by atoms with E-state index in [0.717, 1.165) is 11.2 Å². The Hall–Kier alpha value is -0.170. The molecule has 0 saturated heterocycles. The van der Waals surface area contributed by atoms with E-state index >= 15 is 0 Å². The molecule has 1 rings (SSSR count). The van der Waals surface area contributed by atoms with Crippen LogP contribution in [-0.2, 0) is 0 Å². The molecule has 0 fully saturated rings. The molecule has 1 aliphatic carbocycles. The molecule has 0 nitrogen and oxygen atoms in total. The summed E-state index contributed by atoms with van der Waals surface area (Å²) in [7, 11) is 0. The molecule has 0 amide bonds. The Balaban J connectivity index is 2.05. The van der Waals surface area contributed by atoms with Gasteiger partial charge < -0.3 is 0 Å². The Morgan fingerprint density at radius 3 is 2.19 bits per heavy atom. The minimum absolute atomic E-state index is 0.490. The van der Waals surface area contributed by atoms with E-state index < -0.39 is 0 Å². The van der Waals surface area contributed by atoms with E-state index in [1.807, 2.05) is 0 Å². The van der Waals surface area contributed by atoms with E-state index in [2.05, 4.69) is 65.1 Å². The Kier molecular flexibility index (Phi) is 17.0. The minimum Gasteiger partial charge on any atom is -0.159 e. The minimum atomic E-state index is 0.490. The van der Waals surface area contributed by atoms with Crippen LogP contribution in [-0.4, -0.2) is 11.0 Å². The van der Waals surface area contributed by atoms with Crippen LogP contribution in [0.1, 0.15) is 144 Å². The van der Waals surface area contributed by atoms with Gasteiger partial charge in [-0.05, 0) is 61.5 Å². The molecule has 0 heterocycles. The monoisotopic (exact) mass is 462 g/mol. The van der Waals surface area contributed by atoms with Crippen molar-refractivity contribution in [3.63, 3.8) is 0 Å². The van der Waals surface area contributed by atoms with E-state index in [4.69, 9.17) is 0 Å². The van der Waals surface area contributed by atoms with E-state index in [9.17, 15) is 0 Å². The topological polar surface area (TPSA) is 0 Å². The average molecular weight is 463 g/mol. The number of thioether (sulfide) groups is 1. The van der Waals surface area contributed by atoms with Gasteiger partial charge >= 0.3 is 0 Å². The SMILES string of the molecule is C=C(CCC(C)SCCCCCCCCCCCCC)CC1CC(C)(CC)CC=C[C@H]1C. The summed E-state index contributed by atoms with van der Waals surface area (Å²) >= 11 is 2.20. The highest BCUT2D eigenvalue weighted by molar-refractivity contribution is 7.99. The largest absolute Gasteiger partial charge is 0.159 e. The first-order chi connectivity index (χ1) is 15.4. The average Bonchev–Trinajstić information content (AvgIpc) is 2.91. The number of rotatable bonds is 19. The molecule has 1 heteroatoms. The lowest BCUT2D eigenvalue weighted by Gasteiger charge is -2.32. The van der Waals surface area contributed by atoms with Gasteiger partial charge in [-0.1, -0.05) is 130 Å². The number of allylic oxidation sites excluding steroid dienone is 3. The molecule has 0 aromatic rings. The Morgan fingerprint density at radius 1 is 1.00 bits per heavy atom. The quantitative estimate of drug-likeness (QED) is 0.136. The fourth-order valence-electron chi connectivity index (χ4n) is 5.19. The summed E-state index contributed by atoms with van der Waals surface area (Å²) < 4.78 is 0. The third-order valence-corrected chi connectivity index (χ3v) is 9.34. The summed E-state index contributed by atoms with van der Waals surface area (Å²) in [5, 5.41) is 0.780. The van der Waals surface area contributed by atoms with Crippen LogP contribution >= 0.6 is 11.8 Å². The second kappa shape index (κ2) is 18.2. The highest BCUT2D eigenvalue weighted by Crippen LogP contribution is 2.42. The van der Waals surface area contributed by atoms with E-state index in [-0.39, 0.29) is 0 Å². The molecule has 3 unspecified atom stereocenters. The predicted octanol–water partition coefficient (Wildman–Crippen LogP) is 11.2. The molecule has 0 aromatic heterocycles. The maximum Gasteiger partial charge on any atom is 0.00217 e. The summed E-state index contributed by atoms with van der Waals surface area (Å²) in [5.74, 6) is 2.84. The fourth-order valence-corrected chi connectivity index (χ4v) is 6.25. The molecule has 0 aromatic carbocycles. The Labute approximate surface area is 207 Å². The normalized spacial score (nSPS) is 24.4. The van der Waals surface area contributed by atoms with Gasteiger partial charge in [0.15, 0.2) is 0 Å². The molecular formula is C31H58S. The van der Waals surface area contributed by atoms with Crippen LogP contribution in [0.15, 0.2) is 24.3 Å². The summed E-state index contributed by atoms with van der Waals surface area (Å²) in [6, 6.07) is 0. The molecule has 1 aliphatic rings. The van der Waals surface area contributed by atoms with Gasteiger partial charge in [0.25, 0.3) is 0 Å². The van der Waals surface area contributed by atoms with Gasteiger partial charge in [0, 0.05) is 5.25 Å². The molecule has 4 atom stereocenters. The zero-order valence-corrected chi connectivity index (χ0v) is 23.5. The molecule has 0 bridgehead atoms. The first-order valence-corrected chi connectivity index (χ1v) is 15.4. The van der Waals surface area contributed by atoms with Crippen molar-refractivity contribution in [1.29, 1.82) is 0 Å².